The number of nitrogens with one attached hydrogen (secondary N) is 1. The van der Waals surface area contributed by atoms with Crippen molar-refractivity contribution in [2.24, 2.45) is 0 Å². The number of allylic oxidation sites excluding steroid dienone is 3. The fourth-order valence-electron chi connectivity index (χ4n) is 6.05. The fraction of sp³-hybridized carbons (Fsp3) is 0.419. The molecule has 41 heavy (non-hydrogen) atoms. The molecule has 3 atom stereocenters. The summed E-state index contributed by atoms with van der Waals surface area (Å²) < 4.78 is 22.3. The number of methoxy groups -OCH3 is 2. The maximum absolute atomic E-state index is 14.0. The number of dihydropyridines is 1. The van der Waals surface area contributed by atoms with E-state index < -0.39 is 16.8 Å². The number of ether oxygens (including phenoxy) is 4. The van der Waals surface area contributed by atoms with Crippen LogP contribution in [0.1, 0.15) is 61.1 Å². The van der Waals surface area contributed by atoms with E-state index in [2.05, 4.69) is 5.32 Å². The Morgan fingerprint density at radius 1 is 1.12 bits per heavy atom. The van der Waals surface area contributed by atoms with E-state index in [1.54, 1.807) is 46.3 Å². The number of Topliss-reactive ketones (excluding diaryl/α,β-unsaturated/α-hetero) is 1. The van der Waals surface area contributed by atoms with Gasteiger partial charge in [-0.2, -0.15) is 0 Å². The smallest absolute Gasteiger partial charge is 0.336 e. The van der Waals surface area contributed by atoms with Gasteiger partial charge in [0.2, 0.25) is 0 Å². The van der Waals surface area contributed by atoms with E-state index in [0.717, 1.165) is 18.4 Å². The number of hydrogen-bond acceptors (Lipinski definition) is 9. The number of rotatable bonds is 8. The van der Waals surface area contributed by atoms with Gasteiger partial charge < -0.3 is 24.3 Å². The molecular weight excluding hydrogens is 528 g/mol. The molecule has 1 fully saturated rings. The highest BCUT2D eigenvalue weighted by atomic mass is 16.6. The van der Waals surface area contributed by atoms with Crippen LogP contribution in [0.15, 0.2) is 58.9 Å². The van der Waals surface area contributed by atoms with Gasteiger partial charge in [-0.05, 0) is 56.9 Å². The fourth-order valence-corrected chi connectivity index (χ4v) is 6.05. The van der Waals surface area contributed by atoms with Crippen LogP contribution in [0, 0.1) is 17.0 Å². The molecule has 10 nitrogen and oxygen atoms in total. The average Bonchev–Trinajstić information content (AvgIpc) is 3.48. The van der Waals surface area contributed by atoms with Gasteiger partial charge in [-0.15, -0.1) is 0 Å². The highest BCUT2D eigenvalue weighted by Crippen LogP contribution is 2.48. The molecule has 0 aromatic heterocycles. The van der Waals surface area contributed by atoms with Crippen molar-refractivity contribution in [1.29, 1.82) is 0 Å². The zero-order valence-electron chi connectivity index (χ0n) is 23.7. The van der Waals surface area contributed by atoms with Crippen LogP contribution in [0.5, 0.6) is 11.5 Å². The Labute approximate surface area is 238 Å². The number of nitro groups is 1. The molecular formula is C31H34N2O8. The van der Waals surface area contributed by atoms with Crippen molar-refractivity contribution in [2.45, 2.75) is 57.5 Å². The molecule has 10 heteroatoms. The number of carbonyl (C=O) groups is 2. The summed E-state index contributed by atoms with van der Waals surface area (Å²) in [5, 5.41) is 15.1. The predicted molar refractivity (Wildman–Crippen MR) is 150 cm³/mol. The average molecular weight is 563 g/mol. The first-order valence-corrected chi connectivity index (χ1v) is 13.7. The van der Waals surface area contributed by atoms with Gasteiger partial charge in [0.15, 0.2) is 5.78 Å². The number of aryl methyl sites for hydroxylation is 1. The summed E-state index contributed by atoms with van der Waals surface area (Å²) in [5.74, 6) is -0.439. The number of ketones is 1. The number of benzene rings is 2. The molecule has 216 valence electrons. The number of hydrogen-bond donors (Lipinski definition) is 1. The molecule has 1 saturated heterocycles. The van der Waals surface area contributed by atoms with Gasteiger partial charge in [0.1, 0.15) is 18.1 Å². The Morgan fingerprint density at radius 3 is 2.61 bits per heavy atom. The molecule has 0 radical (unpaired) electrons. The van der Waals surface area contributed by atoms with Crippen LogP contribution < -0.4 is 14.8 Å². The molecule has 0 amide bonds. The van der Waals surface area contributed by atoms with Crippen molar-refractivity contribution < 1.29 is 33.5 Å². The lowest BCUT2D eigenvalue weighted by Crippen LogP contribution is -2.36. The van der Waals surface area contributed by atoms with Gasteiger partial charge >= 0.3 is 5.97 Å². The lowest BCUT2D eigenvalue weighted by atomic mass is 9.71. The number of nitro benzene ring substituents is 1. The maximum Gasteiger partial charge on any atom is 0.336 e. The summed E-state index contributed by atoms with van der Waals surface area (Å²) >= 11 is 0. The third-order valence-corrected chi connectivity index (χ3v) is 8.11. The van der Waals surface area contributed by atoms with Gasteiger partial charge in [0.25, 0.3) is 5.69 Å². The number of nitrogens with zero attached hydrogens (tertiary/aromatic N) is 1. The largest absolute Gasteiger partial charge is 0.497 e. The molecule has 2 aromatic rings. The van der Waals surface area contributed by atoms with Crippen LogP contribution in [0.2, 0.25) is 0 Å². The second-order valence-electron chi connectivity index (χ2n) is 10.7. The van der Waals surface area contributed by atoms with Crippen molar-refractivity contribution in [3.63, 3.8) is 0 Å². The SMILES string of the molecule is COc1ccc(OC)c([C@@H]2CC(=O)C3=C(C2)NC(C)=C(C(=O)OC[C@@H]2CCCO2)[C@H]3c2ccc(C)c([N+](=O)[O-])c2)c1. The molecule has 1 aliphatic carbocycles. The first kappa shape index (κ1) is 28.4. The molecule has 5 rings (SSSR count). The standard InChI is InChI=1S/C31H34N2O8/c1-17-7-8-19(13-25(17)33(36)37)29-28(31(35)41-16-22-6-5-11-40-22)18(2)32-24-12-20(14-26(34)30(24)29)23-15-21(38-3)9-10-27(23)39-4/h7-10,13,15,20,22,29,32H,5-6,11-12,14,16H2,1-4H3/t20-,22-,29+/m0/s1. The summed E-state index contributed by atoms with van der Waals surface area (Å²) in [6.45, 7) is 4.16. The van der Waals surface area contributed by atoms with Gasteiger partial charge in [-0.25, -0.2) is 4.79 Å². The van der Waals surface area contributed by atoms with Gasteiger partial charge in [0, 0.05) is 59.0 Å². The minimum atomic E-state index is -0.816. The van der Waals surface area contributed by atoms with Crippen LogP contribution >= 0.6 is 0 Å². The van der Waals surface area contributed by atoms with Crippen molar-refractivity contribution in [2.75, 3.05) is 27.4 Å². The van der Waals surface area contributed by atoms with E-state index >= 15 is 0 Å². The zero-order valence-corrected chi connectivity index (χ0v) is 23.7. The third kappa shape index (κ3) is 5.56. The molecule has 0 unspecified atom stereocenters. The summed E-state index contributed by atoms with van der Waals surface area (Å²) in [4.78, 5) is 38.9. The van der Waals surface area contributed by atoms with Crippen molar-refractivity contribution in [3.05, 3.63) is 85.7 Å². The third-order valence-electron chi connectivity index (χ3n) is 8.11. The highest BCUT2D eigenvalue weighted by molar-refractivity contribution is 6.04. The van der Waals surface area contributed by atoms with Crippen LogP contribution in [0.3, 0.4) is 0 Å². The quantitative estimate of drug-likeness (QED) is 0.269. The number of esters is 1. The highest BCUT2D eigenvalue weighted by Gasteiger charge is 2.42. The molecule has 2 heterocycles. The Balaban J connectivity index is 1.56. The van der Waals surface area contributed by atoms with Gasteiger partial charge in [0.05, 0.1) is 30.8 Å². The van der Waals surface area contributed by atoms with Crippen LogP contribution in [0.4, 0.5) is 5.69 Å². The maximum atomic E-state index is 14.0. The second kappa shape index (κ2) is 11.7. The Bertz CT molecular complexity index is 1450. The minimum Gasteiger partial charge on any atom is -0.497 e. The van der Waals surface area contributed by atoms with E-state index in [1.165, 1.54) is 6.07 Å². The van der Waals surface area contributed by atoms with Crippen molar-refractivity contribution >= 4 is 17.4 Å². The topological polar surface area (TPSA) is 126 Å². The van der Waals surface area contributed by atoms with E-state index in [-0.39, 0.29) is 42.1 Å². The van der Waals surface area contributed by atoms with Crippen molar-refractivity contribution in [3.8, 4) is 11.5 Å². The van der Waals surface area contributed by atoms with Crippen LogP contribution in [-0.4, -0.2) is 50.2 Å². The Morgan fingerprint density at radius 2 is 1.93 bits per heavy atom. The zero-order chi connectivity index (χ0) is 29.3. The first-order valence-electron chi connectivity index (χ1n) is 13.7. The van der Waals surface area contributed by atoms with E-state index in [1.807, 2.05) is 12.1 Å². The molecule has 3 aliphatic rings. The summed E-state index contributed by atoms with van der Waals surface area (Å²) in [6.07, 6.45) is 2.20. The monoisotopic (exact) mass is 562 g/mol. The number of carbonyl (C=O) groups excluding carboxylic acids is 2. The van der Waals surface area contributed by atoms with Gasteiger partial charge in [-0.3, -0.25) is 14.9 Å². The Kier molecular flexibility index (Phi) is 8.12. The normalized spacial score (nSPS) is 22.2. The van der Waals surface area contributed by atoms with E-state index in [4.69, 9.17) is 18.9 Å². The van der Waals surface area contributed by atoms with Gasteiger partial charge in [-0.1, -0.05) is 12.1 Å². The van der Waals surface area contributed by atoms with E-state index in [0.29, 0.717) is 52.6 Å². The Hall–Kier alpha value is -4.18. The lowest BCUT2D eigenvalue weighted by molar-refractivity contribution is -0.385. The summed E-state index contributed by atoms with van der Waals surface area (Å²) in [7, 11) is 3.17. The van der Waals surface area contributed by atoms with E-state index in [9.17, 15) is 19.7 Å². The molecule has 1 N–H and O–H groups in total. The first-order chi connectivity index (χ1) is 19.7. The molecule has 2 aromatic carbocycles. The molecule has 2 aliphatic heterocycles. The molecule has 0 bridgehead atoms. The lowest BCUT2D eigenvalue weighted by Gasteiger charge is -2.37. The predicted octanol–water partition coefficient (Wildman–Crippen LogP) is 5.00. The van der Waals surface area contributed by atoms with Crippen LogP contribution in [0.25, 0.3) is 0 Å². The molecule has 0 saturated carbocycles. The summed E-state index contributed by atoms with van der Waals surface area (Å²) in [5.41, 5.74) is 3.67. The minimum absolute atomic E-state index is 0.0739. The van der Waals surface area contributed by atoms with Crippen molar-refractivity contribution in [1.82, 2.24) is 5.32 Å². The molecule has 0 spiro atoms. The summed E-state index contributed by atoms with van der Waals surface area (Å²) in [6, 6.07) is 10.4. The second-order valence-corrected chi connectivity index (χ2v) is 10.7. The van der Waals surface area contributed by atoms with Crippen LogP contribution in [-0.2, 0) is 19.1 Å².